The first-order chi connectivity index (χ1) is 5.99. The average molecular weight is 203 g/mol. The van der Waals surface area contributed by atoms with Gasteiger partial charge in [0.05, 0.1) is 5.75 Å². The lowest BCUT2D eigenvalue weighted by Gasteiger charge is -2.13. The van der Waals surface area contributed by atoms with Gasteiger partial charge in [0.1, 0.15) is 9.84 Å². The van der Waals surface area contributed by atoms with Gasteiger partial charge in [-0.1, -0.05) is 0 Å². The van der Waals surface area contributed by atoms with Crippen molar-refractivity contribution in [3.05, 3.63) is 0 Å². The maximum atomic E-state index is 11.0. The van der Waals surface area contributed by atoms with Crippen LogP contribution in [0.1, 0.15) is 19.3 Å². The SMILES string of the molecule is C#CCCCC(CS(C)(=O)=O)NC. The summed E-state index contributed by atoms with van der Waals surface area (Å²) in [5.41, 5.74) is 0. The lowest BCUT2D eigenvalue weighted by molar-refractivity contribution is 0.532. The van der Waals surface area contributed by atoms with Gasteiger partial charge in [-0.05, 0) is 19.9 Å². The summed E-state index contributed by atoms with van der Waals surface area (Å²) < 4.78 is 21.9. The molecule has 76 valence electrons. The third-order valence-corrected chi connectivity index (χ3v) is 2.79. The summed E-state index contributed by atoms with van der Waals surface area (Å²) in [5.74, 6) is 2.72. The van der Waals surface area contributed by atoms with Gasteiger partial charge in [0.25, 0.3) is 0 Å². The Morgan fingerprint density at radius 1 is 1.54 bits per heavy atom. The molecule has 0 fully saturated rings. The molecule has 0 aromatic heterocycles. The van der Waals surface area contributed by atoms with Crippen LogP contribution < -0.4 is 5.32 Å². The number of nitrogens with one attached hydrogen (secondary N) is 1. The zero-order valence-corrected chi connectivity index (χ0v) is 9.02. The van der Waals surface area contributed by atoms with Gasteiger partial charge in [-0.2, -0.15) is 0 Å². The van der Waals surface area contributed by atoms with Crippen LogP contribution in [0.5, 0.6) is 0 Å². The largest absolute Gasteiger partial charge is 0.316 e. The molecule has 1 unspecified atom stereocenters. The van der Waals surface area contributed by atoms with Crippen molar-refractivity contribution in [1.82, 2.24) is 5.32 Å². The van der Waals surface area contributed by atoms with Crippen molar-refractivity contribution in [2.45, 2.75) is 25.3 Å². The van der Waals surface area contributed by atoms with Gasteiger partial charge in [-0.3, -0.25) is 0 Å². The second kappa shape index (κ2) is 6.01. The molecule has 0 aromatic carbocycles. The lowest BCUT2D eigenvalue weighted by Crippen LogP contribution is -2.32. The van der Waals surface area contributed by atoms with Crippen LogP contribution in [0.2, 0.25) is 0 Å². The third kappa shape index (κ3) is 7.82. The van der Waals surface area contributed by atoms with E-state index < -0.39 is 9.84 Å². The molecule has 0 radical (unpaired) electrons. The van der Waals surface area contributed by atoms with E-state index in [2.05, 4.69) is 11.2 Å². The van der Waals surface area contributed by atoms with E-state index in [1.807, 2.05) is 0 Å². The first kappa shape index (κ1) is 12.5. The molecule has 0 heterocycles. The van der Waals surface area contributed by atoms with Crippen molar-refractivity contribution in [3.8, 4) is 12.3 Å². The number of unbranched alkanes of at least 4 members (excludes halogenated alkanes) is 1. The minimum atomic E-state index is -2.89. The maximum absolute atomic E-state index is 11.0. The van der Waals surface area contributed by atoms with Gasteiger partial charge in [0.15, 0.2) is 0 Å². The summed E-state index contributed by atoms with van der Waals surface area (Å²) in [5, 5.41) is 2.97. The predicted octanol–water partition coefficient (Wildman–Crippen LogP) is 0.422. The summed E-state index contributed by atoms with van der Waals surface area (Å²) >= 11 is 0. The molecule has 0 bridgehead atoms. The fourth-order valence-electron chi connectivity index (χ4n) is 1.13. The Morgan fingerprint density at radius 2 is 2.15 bits per heavy atom. The highest BCUT2D eigenvalue weighted by Crippen LogP contribution is 2.02. The van der Waals surface area contributed by atoms with Gasteiger partial charge < -0.3 is 5.32 Å². The van der Waals surface area contributed by atoms with E-state index >= 15 is 0 Å². The predicted molar refractivity (Wildman–Crippen MR) is 55.2 cm³/mol. The van der Waals surface area contributed by atoms with Crippen molar-refractivity contribution in [3.63, 3.8) is 0 Å². The molecule has 0 aliphatic carbocycles. The van der Waals surface area contributed by atoms with Crippen molar-refractivity contribution in [2.75, 3.05) is 19.1 Å². The Hall–Kier alpha value is -0.530. The van der Waals surface area contributed by atoms with E-state index in [-0.39, 0.29) is 11.8 Å². The normalized spacial score (nSPS) is 13.6. The van der Waals surface area contributed by atoms with Gasteiger partial charge in [0.2, 0.25) is 0 Å². The molecule has 0 saturated heterocycles. The Balaban J connectivity index is 3.85. The number of hydrogen-bond donors (Lipinski definition) is 1. The number of terminal acetylenes is 1. The zero-order valence-electron chi connectivity index (χ0n) is 8.21. The third-order valence-electron chi connectivity index (χ3n) is 1.79. The first-order valence-electron chi connectivity index (χ1n) is 4.28. The minimum Gasteiger partial charge on any atom is -0.316 e. The topological polar surface area (TPSA) is 46.2 Å². The highest BCUT2D eigenvalue weighted by atomic mass is 32.2. The highest BCUT2D eigenvalue weighted by Gasteiger charge is 2.12. The summed E-state index contributed by atoms with van der Waals surface area (Å²) in [7, 11) is -1.12. The van der Waals surface area contributed by atoms with Crippen LogP contribution in [-0.2, 0) is 9.84 Å². The molecule has 4 heteroatoms. The van der Waals surface area contributed by atoms with Gasteiger partial charge in [-0.25, -0.2) is 8.42 Å². The van der Waals surface area contributed by atoms with Gasteiger partial charge in [-0.15, -0.1) is 12.3 Å². The van der Waals surface area contributed by atoms with Crippen molar-refractivity contribution < 1.29 is 8.42 Å². The van der Waals surface area contributed by atoms with Gasteiger partial charge in [0, 0.05) is 18.7 Å². The quantitative estimate of drug-likeness (QED) is 0.503. The Labute approximate surface area is 80.8 Å². The number of hydrogen-bond acceptors (Lipinski definition) is 3. The lowest BCUT2D eigenvalue weighted by atomic mass is 10.1. The second-order valence-electron chi connectivity index (χ2n) is 3.17. The Morgan fingerprint density at radius 3 is 2.54 bits per heavy atom. The molecule has 0 amide bonds. The second-order valence-corrected chi connectivity index (χ2v) is 5.36. The van der Waals surface area contributed by atoms with Crippen molar-refractivity contribution in [2.24, 2.45) is 0 Å². The van der Waals surface area contributed by atoms with Crippen LogP contribution in [0.25, 0.3) is 0 Å². The monoisotopic (exact) mass is 203 g/mol. The van der Waals surface area contributed by atoms with Crippen molar-refractivity contribution >= 4 is 9.84 Å². The van der Waals surface area contributed by atoms with Gasteiger partial charge >= 0.3 is 0 Å². The summed E-state index contributed by atoms with van der Waals surface area (Å²) in [6.07, 6.45) is 8.74. The first-order valence-corrected chi connectivity index (χ1v) is 6.34. The zero-order chi connectivity index (χ0) is 10.3. The Bertz CT molecular complexity index is 264. The van der Waals surface area contributed by atoms with Crippen LogP contribution in [0.4, 0.5) is 0 Å². The summed E-state index contributed by atoms with van der Waals surface area (Å²) in [6.45, 7) is 0. The van der Waals surface area contributed by atoms with Crippen LogP contribution >= 0.6 is 0 Å². The molecule has 3 nitrogen and oxygen atoms in total. The van der Waals surface area contributed by atoms with Crippen LogP contribution in [0.15, 0.2) is 0 Å². The smallest absolute Gasteiger partial charge is 0.148 e. The van der Waals surface area contributed by atoms with E-state index in [1.165, 1.54) is 6.26 Å². The number of sulfone groups is 1. The van der Waals surface area contributed by atoms with Crippen molar-refractivity contribution in [1.29, 1.82) is 0 Å². The van der Waals surface area contributed by atoms with Crippen LogP contribution in [-0.4, -0.2) is 33.5 Å². The standard InChI is InChI=1S/C9H17NO2S/c1-4-5-6-7-9(10-2)8-13(3,11)12/h1,9-10H,5-8H2,2-3H3. The molecular weight excluding hydrogens is 186 g/mol. The molecule has 1 N–H and O–H groups in total. The van der Waals surface area contributed by atoms with Crippen LogP contribution in [0, 0.1) is 12.3 Å². The van der Waals surface area contributed by atoms with E-state index in [0.29, 0.717) is 6.42 Å². The van der Waals surface area contributed by atoms with E-state index in [1.54, 1.807) is 7.05 Å². The average Bonchev–Trinajstić information content (AvgIpc) is 2.01. The number of rotatable bonds is 6. The molecule has 0 aromatic rings. The molecule has 0 aliphatic heterocycles. The minimum absolute atomic E-state index is 0.0309. The molecule has 13 heavy (non-hydrogen) atoms. The fraction of sp³-hybridized carbons (Fsp3) is 0.778. The van der Waals surface area contributed by atoms with E-state index in [9.17, 15) is 8.42 Å². The molecule has 0 rings (SSSR count). The molecule has 1 atom stereocenters. The van der Waals surface area contributed by atoms with E-state index in [0.717, 1.165) is 12.8 Å². The summed E-state index contributed by atoms with van der Waals surface area (Å²) in [6, 6.07) is 0.0309. The molecule has 0 spiro atoms. The van der Waals surface area contributed by atoms with E-state index in [4.69, 9.17) is 6.42 Å². The molecule has 0 saturated carbocycles. The van der Waals surface area contributed by atoms with Crippen LogP contribution in [0.3, 0.4) is 0 Å². The summed E-state index contributed by atoms with van der Waals surface area (Å²) in [4.78, 5) is 0. The molecular formula is C9H17NO2S. The highest BCUT2D eigenvalue weighted by molar-refractivity contribution is 7.90. The Kier molecular flexibility index (Phi) is 5.76. The fourth-order valence-corrected chi connectivity index (χ4v) is 2.19. The molecule has 0 aliphatic rings. The maximum Gasteiger partial charge on any atom is 0.148 e.